The lowest BCUT2D eigenvalue weighted by atomic mass is 9.88. The molecule has 1 rings (SSSR count). The molecular formula is C11H20N2O. The van der Waals surface area contributed by atoms with Crippen LogP contribution in [0.2, 0.25) is 0 Å². The Labute approximate surface area is 85.7 Å². The third-order valence-electron chi connectivity index (χ3n) is 2.10. The summed E-state index contributed by atoms with van der Waals surface area (Å²) in [6, 6.07) is 0. The van der Waals surface area contributed by atoms with Crippen LogP contribution in [-0.2, 0) is 6.42 Å². The van der Waals surface area contributed by atoms with Gasteiger partial charge in [-0.1, -0.05) is 39.8 Å². The molecule has 0 aliphatic heterocycles. The Kier molecular flexibility index (Phi) is 2.88. The number of hydrogen-bond acceptors (Lipinski definition) is 3. The number of hydrogen-bond donors (Lipinski definition) is 1. The maximum atomic E-state index is 5.76. The molecule has 14 heavy (non-hydrogen) atoms. The number of anilines is 1. The summed E-state index contributed by atoms with van der Waals surface area (Å²) < 4.78 is 5.26. The van der Waals surface area contributed by atoms with Crippen LogP contribution >= 0.6 is 0 Å². The summed E-state index contributed by atoms with van der Waals surface area (Å²) >= 11 is 0. The zero-order valence-corrected chi connectivity index (χ0v) is 9.72. The Bertz CT molecular complexity index is 308. The summed E-state index contributed by atoms with van der Waals surface area (Å²) in [5, 5.41) is 3.82. The summed E-state index contributed by atoms with van der Waals surface area (Å²) in [6.07, 6.45) is 0.880. The maximum absolute atomic E-state index is 5.76. The summed E-state index contributed by atoms with van der Waals surface area (Å²) in [4.78, 5) is 0. The molecule has 80 valence electrons. The van der Waals surface area contributed by atoms with E-state index in [4.69, 9.17) is 10.3 Å². The minimum atomic E-state index is 0.204. The highest BCUT2D eigenvalue weighted by Gasteiger charge is 2.22. The van der Waals surface area contributed by atoms with Crippen LogP contribution in [-0.4, -0.2) is 5.16 Å². The highest BCUT2D eigenvalue weighted by molar-refractivity contribution is 5.42. The minimum absolute atomic E-state index is 0.204. The lowest BCUT2D eigenvalue weighted by Gasteiger charge is -2.17. The van der Waals surface area contributed by atoms with Crippen molar-refractivity contribution in [3.63, 3.8) is 0 Å². The van der Waals surface area contributed by atoms with Gasteiger partial charge in [-0.3, -0.25) is 0 Å². The number of nitrogens with two attached hydrogens (primary N) is 1. The molecule has 0 aliphatic carbocycles. The van der Waals surface area contributed by atoms with Gasteiger partial charge in [0.1, 0.15) is 5.76 Å². The van der Waals surface area contributed by atoms with Gasteiger partial charge in [0, 0.05) is 12.0 Å². The van der Waals surface area contributed by atoms with Gasteiger partial charge in [0.05, 0.1) is 0 Å². The Morgan fingerprint density at radius 1 is 1.36 bits per heavy atom. The molecule has 0 unspecified atom stereocenters. The summed E-state index contributed by atoms with van der Waals surface area (Å²) in [7, 11) is 0. The van der Waals surface area contributed by atoms with E-state index in [0.29, 0.717) is 11.7 Å². The molecule has 0 bridgehead atoms. The third-order valence-corrected chi connectivity index (χ3v) is 2.10. The number of nitrogens with zero attached hydrogens (tertiary/aromatic N) is 1. The molecule has 0 amide bonds. The van der Waals surface area contributed by atoms with E-state index in [1.54, 1.807) is 0 Å². The van der Waals surface area contributed by atoms with Crippen LogP contribution in [0, 0.1) is 5.41 Å². The third kappa shape index (κ3) is 2.50. The van der Waals surface area contributed by atoms with Gasteiger partial charge in [0.25, 0.3) is 0 Å². The molecule has 0 radical (unpaired) electrons. The topological polar surface area (TPSA) is 52.0 Å². The quantitative estimate of drug-likeness (QED) is 0.791. The van der Waals surface area contributed by atoms with Crippen molar-refractivity contribution in [1.82, 2.24) is 5.16 Å². The predicted octanol–water partition coefficient (Wildman–Crippen LogP) is 2.97. The highest BCUT2D eigenvalue weighted by atomic mass is 16.5. The van der Waals surface area contributed by atoms with E-state index in [9.17, 15) is 0 Å². The monoisotopic (exact) mass is 196 g/mol. The standard InChI is InChI=1S/C11H20N2O/c1-7(2)9-8(6-11(3,4)5)14-13-10(9)12/h7H,6H2,1-5H3,(H2,12,13). The molecule has 3 nitrogen and oxygen atoms in total. The van der Waals surface area contributed by atoms with E-state index in [-0.39, 0.29) is 5.41 Å². The number of aromatic nitrogens is 1. The van der Waals surface area contributed by atoms with Crippen LogP contribution in [0.1, 0.15) is 51.9 Å². The van der Waals surface area contributed by atoms with Crippen molar-refractivity contribution in [2.75, 3.05) is 5.73 Å². The van der Waals surface area contributed by atoms with E-state index in [0.717, 1.165) is 17.7 Å². The zero-order valence-electron chi connectivity index (χ0n) is 9.72. The lowest BCUT2D eigenvalue weighted by Crippen LogP contribution is -2.10. The molecular weight excluding hydrogens is 176 g/mol. The van der Waals surface area contributed by atoms with E-state index in [1.165, 1.54) is 0 Å². The van der Waals surface area contributed by atoms with Crippen molar-refractivity contribution in [1.29, 1.82) is 0 Å². The molecule has 1 heterocycles. The van der Waals surface area contributed by atoms with Crippen LogP contribution < -0.4 is 5.73 Å². The first-order valence-corrected chi connectivity index (χ1v) is 5.05. The Morgan fingerprint density at radius 3 is 2.36 bits per heavy atom. The van der Waals surface area contributed by atoms with Gasteiger partial charge in [0.2, 0.25) is 0 Å². The fourth-order valence-corrected chi connectivity index (χ4v) is 1.57. The van der Waals surface area contributed by atoms with Crippen molar-refractivity contribution in [2.24, 2.45) is 5.41 Å². The normalized spacial score (nSPS) is 12.4. The molecule has 0 saturated heterocycles. The van der Waals surface area contributed by atoms with Crippen molar-refractivity contribution in [3.05, 3.63) is 11.3 Å². The Balaban J connectivity index is 2.98. The number of rotatable bonds is 2. The van der Waals surface area contributed by atoms with Crippen molar-refractivity contribution in [2.45, 2.75) is 47.0 Å². The van der Waals surface area contributed by atoms with Crippen LogP contribution in [0.3, 0.4) is 0 Å². The summed E-state index contributed by atoms with van der Waals surface area (Å²) in [5.74, 6) is 1.85. The molecule has 0 fully saturated rings. The van der Waals surface area contributed by atoms with Crippen LogP contribution in [0.15, 0.2) is 4.52 Å². The molecule has 0 aliphatic rings. The highest BCUT2D eigenvalue weighted by Crippen LogP contribution is 2.30. The SMILES string of the molecule is CC(C)c1c(N)noc1CC(C)(C)C. The molecule has 0 atom stereocenters. The van der Waals surface area contributed by atoms with Crippen LogP contribution in [0.5, 0.6) is 0 Å². The fourth-order valence-electron chi connectivity index (χ4n) is 1.57. The van der Waals surface area contributed by atoms with Crippen molar-refractivity contribution < 1.29 is 4.52 Å². The lowest BCUT2D eigenvalue weighted by molar-refractivity contribution is 0.319. The number of nitrogen functional groups attached to an aromatic ring is 1. The van der Waals surface area contributed by atoms with Gasteiger partial charge >= 0.3 is 0 Å². The first-order valence-electron chi connectivity index (χ1n) is 5.05. The summed E-state index contributed by atoms with van der Waals surface area (Å²) in [6.45, 7) is 10.7. The van der Waals surface area contributed by atoms with E-state index >= 15 is 0 Å². The summed E-state index contributed by atoms with van der Waals surface area (Å²) in [5.41, 5.74) is 7.03. The van der Waals surface area contributed by atoms with Gasteiger partial charge in [-0.05, 0) is 11.3 Å². The van der Waals surface area contributed by atoms with Crippen LogP contribution in [0.4, 0.5) is 5.82 Å². The Morgan fingerprint density at radius 2 is 1.93 bits per heavy atom. The Hall–Kier alpha value is -0.990. The van der Waals surface area contributed by atoms with Gasteiger partial charge < -0.3 is 10.3 Å². The van der Waals surface area contributed by atoms with Gasteiger partial charge in [-0.2, -0.15) is 0 Å². The second kappa shape index (κ2) is 3.64. The first kappa shape index (κ1) is 11.1. The maximum Gasteiger partial charge on any atom is 0.170 e. The first-order chi connectivity index (χ1) is 6.31. The zero-order chi connectivity index (χ0) is 10.9. The average Bonchev–Trinajstić information content (AvgIpc) is 2.27. The fraction of sp³-hybridized carbons (Fsp3) is 0.727. The molecule has 0 aromatic carbocycles. The second-order valence-corrected chi connectivity index (χ2v) is 5.30. The molecule has 2 N–H and O–H groups in total. The molecule has 1 aromatic heterocycles. The van der Waals surface area contributed by atoms with Gasteiger partial charge in [0.15, 0.2) is 5.82 Å². The average molecular weight is 196 g/mol. The van der Waals surface area contributed by atoms with E-state index in [2.05, 4.69) is 39.8 Å². The van der Waals surface area contributed by atoms with Crippen LogP contribution in [0.25, 0.3) is 0 Å². The molecule has 1 aromatic rings. The largest absolute Gasteiger partial charge is 0.381 e. The minimum Gasteiger partial charge on any atom is -0.381 e. The molecule has 3 heteroatoms. The van der Waals surface area contributed by atoms with Crippen molar-refractivity contribution >= 4 is 5.82 Å². The van der Waals surface area contributed by atoms with E-state index < -0.39 is 0 Å². The van der Waals surface area contributed by atoms with E-state index in [1.807, 2.05) is 0 Å². The van der Waals surface area contributed by atoms with Gasteiger partial charge in [-0.25, -0.2) is 0 Å². The molecule has 0 spiro atoms. The molecule has 0 saturated carbocycles. The second-order valence-electron chi connectivity index (χ2n) is 5.30. The van der Waals surface area contributed by atoms with Crippen molar-refractivity contribution in [3.8, 4) is 0 Å². The van der Waals surface area contributed by atoms with Gasteiger partial charge in [-0.15, -0.1) is 0 Å². The predicted molar refractivity (Wildman–Crippen MR) is 58.2 cm³/mol. The smallest absolute Gasteiger partial charge is 0.170 e.